The van der Waals surface area contributed by atoms with E-state index in [1.54, 1.807) is 11.8 Å². The Hall–Kier alpha value is -2.44. The lowest BCUT2D eigenvalue weighted by molar-refractivity contribution is -0.113. The second-order valence-corrected chi connectivity index (χ2v) is 8.58. The molecule has 1 N–H and O–H groups in total. The van der Waals surface area contributed by atoms with E-state index in [4.69, 9.17) is 4.98 Å². The van der Waals surface area contributed by atoms with Crippen LogP contribution >= 0.6 is 23.1 Å². The Morgan fingerprint density at radius 2 is 1.85 bits per heavy atom. The van der Waals surface area contributed by atoms with Crippen molar-refractivity contribution in [3.63, 3.8) is 0 Å². The molecule has 2 aromatic carbocycles. The molecule has 4 nitrogen and oxygen atoms in total. The van der Waals surface area contributed by atoms with Crippen LogP contribution < -0.4 is 5.32 Å². The molecule has 1 aliphatic rings. The molecule has 0 fully saturated rings. The van der Waals surface area contributed by atoms with Crippen molar-refractivity contribution in [3.05, 3.63) is 59.8 Å². The summed E-state index contributed by atoms with van der Waals surface area (Å²) in [5.41, 5.74) is 4.46. The van der Waals surface area contributed by atoms with E-state index < -0.39 is 0 Å². The van der Waals surface area contributed by atoms with Crippen LogP contribution in [0, 0.1) is 0 Å². The fourth-order valence-electron chi connectivity index (χ4n) is 3.55. The fraction of sp³-hybridized carbons (Fsp3) is 0.190. The van der Waals surface area contributed by atoms with Crippen LogP contribution in [-0.4, -0.2) is 21.6 Å². The van der Waals surface area contributed by atoms with Crippen LogP contribution in [0.3, 0.4) is 0 Å². The van der Waals surface area contributed by atoms with E-state index in [-0.39, 0.29) is 5.91 Å². The zero-order chi connectivity index (χ0) is 18.2. The number of carbonyl (C=O) groups is 1. The number of nitrogens with one attached hydrogen (secondary N) is 1. The van der Waals surface area contributed by atoms with Crippen molar-refractivity contribution in [2.24, 2.45) is 0 Å². The molecule has 1 amide bonds. The highest BCUT2D eigenvalue weighted by molar-refractivity contribution is 8.00. The van der Waals surface area contributed by atoms with Crippen molar-refractivity contribution in [3.8, 4) is 0 Å². The first-order chi connectivity index (χ1) is 13.3. The van der Waals surface area contributed by atoms with Gasteiger partial charge in [-0.1, -0.05) is 41.7 Å². The van der Waals surface area contributed by atoms with Crippen molar-refractivity contribution >= 4 is 55.3 Å². The highest BCUT2D eigenvalue weighted by Crippen LogP contribution is 2.36. The van der Waals surface area contributed by atoms with Crippen LogP contribution in [0.25, 0.3) is 21.1 Å². The van der Waals surface area contributed by atoms with Gasteiger partial charge in [0, 0.05) is 16.0 Å². The fourth-order valence-corrected chi connectivity index (χ4v) is 5.50. The van der Waals surface area contributed by atoms with Gasteiger partial charge in [-0.15, -0.1) is 11.8 Å². The minimum Gasteiger partial charge on any atom is -0.301 e. The molecule has 2 heterocycles. The number of thioether (sulfide) groups is 1. The van der Waals surface area contributed by atoms with Gasteiger partial charge in [-0.2, -0.15) is 0 Å². The third-order valence-corrected chi connectivity index (χ3v) is 6.87. The number of thiazole rings is 1. The van der Waals surface area contributed by atoms with Gasteiger partial charge >= 0.3 is 0 Å². The molecule has 2 aromatic heterocycles. The highest BCUT2D eigenvalue weighted by Gasteiger charge is 2.20. The summed E-state index contributed by atoms with van der Waals surface area (Å²) < 4.78 is 1.08. The van der Waals surface area contributed by atoms with Gasteiger partial charge in [0.15, 0.2) is 5.13 Å². The van der Waals surface area contributed by atoms with Crippen LogP contribution in [0.15, 0.2) is 53.4 Å². The molecule has 0 atom stereocenters. The lowest BCUT2D eigenvalue weighted by Crippen LogP contribution is -2.14. The van der Waals surface area contributed by atoms with E-state index in [1.807, 2.05) is 36.4 Å². The summed E-state index contributed by atoms with van der Waals surface area (Å²) in [6.45, 7) is 0. The van der Waals surface area contributed by atoms with Crippen molar-refractivity contribution < 1.29 is 4.79 Å². The van der Waals surface area contributed by atoms with Crippen LogP contribution in [0.4, 0.5) is 5.13 Å². The van der Waals surface area contributed by atoms with Crippen molar-refractivity contribution in [1.29, 1.82) is 0 Å². The molecule has 6 heteroatoms. The number of benzene rings is 2. The predicted molar refractivity (Wildman–Crippen MR) is 113 cm³/mol. The molecule has 0 spiro atoms. The molecule has 0 saturated carbocycles. The van der Waals surface area contributed by atoms with Crippen LogP contribution in [-0.2, 0) is 17.6 Å². The first-order valence-corrected chi connectivity index (χ1v) is 10.8. The Morgan fingerprint density at radius 1 is 1.04 bits per heavy atom. The maximum absolute atomic E-state index is 12.5. The minimum absolute atomic E-state index is 0.0216. The highest BCUT2D eigenvalue weighted by atomic mass is 32.2. The quantitative estimate of drug-likeness (QED) is 0.494. The summed E-state index contributed by atoms with van der Waals surface area (Å²) in [6.07, 6.45) is 3.23. The number of anilines is 1. The first-order valence-electron chi connectivity index (χ1n) is 8.96. The Balaban J connectivity index is 1.37. The zero-order valence-electron chi connectivity index (χ0n) is 14.6. The second-order valence-electron chi connectivity index (χ2n) is 6.56. The van der Waals surface area contributed by atoms with Gasteiger partial charge < -0.3 is 5.32 Å². The number of nitrogens with zero attached hydrogens (tertiary/aromatic N) is 2. The summed E-state index contributed by atoms with van der Waals surface area (Å²) in [6, 6.07) is 16.1. The summed E-state index contributed by atoms with van der Waals surface area (Å²) in [5.74, 6) is 0.350. The lowest BCUT2D eigenvalue weighted by Gasteiger charge is -2.11. The van der Waals surface area contributed by atoms with Gasteiger partial charge in [-0.25, -0.2) is 4.98 Å². The average Bonchev–Trinajstić information content (AvgIpc) is 3.30. The largest absolute Gasteiger partial charge is 0.301 e. The van der Waals surface area contributed by atoms with Gasteiger partial charge in [0.25, 0.3) is 0 Å². The smallest absolute Gasteiger partial charge is 0.236 e. The normalized spacial score (nSPS) is 13.2. The Kier molecular flexibility index (Phi) is 4.30. The van der Waals surface area contributed by atoms with E-state index in [9.17, 15) is 4.79 Å². The molecular formula is C21H17N3OS2. The van der Waals surface area contributed by atoms with E-state index in [0.29, 0.717) is 10.9 Å². The van der Waals surface area contributed by atoms with Crippen molar-refractivity contribution in [2.45, 2.75) is 24.2 Å². The molecule has 4 aromatic rings. The average molecular weight is 392 g/mol. The maximum atomic E-state index is 12.5. The Labute approximate surface area is 165 Å². The second kappa shape index (κ2) is 6.94. The number of pyridine rings is 1. The standard InChI is InChI=1S/C21H17N3OS2/c25-19(24-21-23-17-9-3-4-11-18(17)27-21)12-26-20-13-6-1-2-8-15(13)22-16-10-5-7-14(16)20/h1-4,6,8-9,11H,5,7,10,12H2,(H,23,24,25). The number of fused-ring (bicyclic) bond motifs is 3. The Bertz CT molecular complexity index is 1140. The summed E-state index contributed by atoms with van der Waals surface area (Å²) in [4.78, 5) is 23.0. The number of para-hydroxylation sites is 2. The van der Waals surface area contributed by atoms with Gasteiger partial charge in [0.2, 0.25) is 5.91 Å². The van der Waals surface area contributed by atoms with E-state index in [0.717, 1.165) is 40.4 Å². The molecule has 0 radical (unpaired) electrons. The number of carbonyl (C=O) groups excluding carboxylic acids is 1. The summed E-state index contributed by atoms with van der Waals surface area (Å²) in [5, 5.41) is 4.76. The number of aromatic nitrogens is 2. The molecule has 0 unspecified atom stereocenters. The number of hydrogen-bond donors (Lipinski definition) is 1. The summed E-state index contributed by atoms with van der Waals surface area (Å²) >= 11 is 3.12. The van der Waals surface area contributed by atoms with Gasteiger partial charge in [-0.05, 0) is 43.0 Å². The van der Waals surface area contributed by atoms with Crippen molar-refractivity contribution in [1.82, 2.24) is 9.97 Å². The molecule has 0 aliphatic heterocycles. The van der Waals surface area contributed by atoms with E-state index in [2.05, 4.69) is 22.4 Å². The number of hydrogen-bond acceptors (Lipinski definition) is 5. The van der Waals surface area contributed by atoms with Gasteiger partial charge in [-0.3, -0.25) is 9.78 Å². The van der Waals surface area contributed by atoms with Crippen LogP contribution in [0.2, 0.25) is 0 Å². The SMILES string of the molecule is O=C(CSc1c2c(nc3ccccc13)CCC2)Nc1nc2ccccc2s1. The molecular weight excluding hydrogens is 374 g/mol. The molecule has 134 valence electrons. The number of aryl methyl sites for hydroxylation is 1. The van der Waals surface area contributed by atoms with E-state index in [1.165, 1.54) is 27.5 Å². The molecule has 0 saturated heterocycles. The molecule has 27 heavy (non-hydrogen) atoms. The lowest BCUT2D eigenvalue weighted by atomic mass is 10.1. The summed E-state index contributed by atoms with van der Waals surface area (Å²) in [7, 11) is 0. The number of amides is 1. The van der Waals surface area contributed by atoms with Crippen LogP contribution in [0.5, 0.6) is 0 Å². The topological polar surface area (TPSA) is 54.9 Å². The third-order valence-electron chi connectivity index (χ3n) is 4.75. The minimum atomic E-state index is -0.0216. The van der Waals surface area contributed by atoms with Crippen molar-refractivity contribution in [2.75, 3.05) is 11.1 Å². The van der Waals surface area contributed by atoms with Gasteiger partial charge in [0.1, 0.15) is 0 Å². The molecule has 1 aliphatic carbocycles. The zero-order valence-corrected chi connectivity index (χ0v) is 16.2. The molecule has 0 bridgehead atoms. The van der Waals surface area contributed by atoms with E-state index >= 15 is 0 Å². The first kappa shape index (κ1) is 16.7. The third kappa shape index (κ3) is 3.19. The number of rotatable bonds is 4. The maximum Gasteiger partial charge on any atom is 0.236 e. The van der Waals surface area contributed by atoms with Gasteiger partial charge in [0.05, 0.1) is 21.5 Å². The monoisotopic (exact) mass is 391 g/mol. The Morgan fingerprint density at radius 3 is 2.74 bits per heavy atom. The predicted octanol–water partition coefficient (Wildman–Crippen LogP) is 5.06. The van der Waals surface area contributed by atoms with Crippen LogP contribution in [0.1, 0.15) is 17.7 Å². The molecule has 5 rings (SSSR count).